The van der Waals surface area contributed by atoms with E-state index in [0.717, 1.165) is 10.7 Å². The fraction of sp³-hybridized carbons (Fsp3) is 0.214. The molecule has 4 nitrogen and oxygen atoms in total. The van der Waals surface area contributed by atoms with Gasteiger partial charge in [-0.05, 0) is 12.1 Å². The molecule has 0 saturated heterocycles. The van der Waals surface area contributed by atoms with E-state index in [9.17, 15) is 9.50 Å². The Bertz CT molecular complexity index is 709. The average Bonchev–Trinajstić information content (AvgIpc) is 2.99. The van der Waals surface area contributed by atoms with E-state index < -0.39 is 11.9 Å². The summed E-state index contributed by atoms with van der Waals surface area (Å²) in [4.78, 5) is 5.24. The second-order valence-electron chi connectivity index (χ2n) is 4.43. The molecule has 1 unspecified atom stereocenters. The van der Waals surface area contributed by atoms with Gasteiger partial charge in [-0.2, -0.15) is 0 Å². The Hall–Kier alpha value is -1.92. The molecule has 1 N–H and O–H groups in total. The lowest BCUT2D eigenvalue weighted by Gasteiger charge is -2.11. The molecule has 3 rings (SSSR count). The highest BCUT2D eigenvalue weighted by Crippen LogP contribution is 2.25. The molecule has 0 spiro atoms. The second-order valence-corrected chi connectivity index (χ2v) is 5.31. The van der Waals surface area contributed by atoms with Crippen LogP contribution in [0.1, 0.15) is 17.4 Å². The van der Waals surface area contributed by atoms with E-state index in [4.69, 9.17) is 4.74 Å². The summed E-state index contributed by atoms with van der Waals surface area (Å²) < 4.78 is 20.7. The lowest BCUT2D eigenvalue weighted by Crippen LogP contribution is -2.05. The van der Waals surface area contributed by atoms with Crippen LogP contribution in [0.2, 0.25) is 0 Å². The van der Waals surface area contributed by atoms with E-state index in [0.29, 0.717) is 5.75 Å². The molecule has 20 heavy (non-hydrogen) atoms. The summed E-state index contributed by atoms with van der Waals surface area (Å²) in [7, 11) is 1.47. The van der Waals surface area contributed by atoms with E-state index in [1.165, 1.54) is 30.6 Å². The third kappa shape index (κ3) is 2.39. The van der Waals surface area contributed by atoms with Crippen LogP contribution in [0.5, 0.6) is 5.75 Å². The molecular weight excluding hydrogens is 279 g/mol. The topological polar surface area (TPSA) is 46.8 Å². The Morgan fingerprint density at radius 2 is 2.35 bits per heavy atom. The first-order valence-corrected chi connectivity index (χ1v) is 6.98. The normalized spacial score (nSPS) is 12.8. The number of ether oxygens (including phenoxy) is 1. The van der Waals surface area contributed by atoms with Gasteiger partial charge in [0.05, 0.1) is 18.9 Å². The van der Waals surface area contributed by atoms with Crippen molar-refractivity contribution in [3.05, 3.63) is 53.0 Å². The largest absolute Gasteiger partial charge is 0.497 e. The molecule has 0 fully saturated rings. The molecule has 3 aromatic rings. The molecule has 104 valence electrons. The lowest BCUT2D eigenvalue weighted by molar-refractivity contribution is 0.172. The van der Waals surface area contributed by atoms with Crippen molar-refractivity contribution in [2.45, 2.75) is 12.5 Å². The van der Waals surface area contributed by atoms with Crippen LogP contribution in [0.25, 0.3) is 4.96 Å². The summed E-state index contributed by atoms with van der Waals surface area (Å²) in [6.07, 6.45) is 3.09. The monoisotopic (exact) mass is 292 g/mol. The molecule has 0 amide bonds. The zero-order valence-corrected chi connectivity index (χ0v) is 11.6. The third-order valence-electron chi connectivity index (χ3n) is 3.11. The minimum Gasteiger partial charge on any atom is -0.497 e. The summed E-state index contributed by atoms with van der Waals surface area (Å²) in [6, 6.07) is 4.44. The molecule has 6 heteroatoms. The summed E-state index contributed by atoms with van der Waals surface area (Å²) in [5.74, 6) is -0.0428. The van der Waals surface area contributed by atoms with E-state index in [1.807, 2.05) is 22.2 Å². The predicted molar refractivity (Wildman–Crippen MR) is 74.7 cm³/mol. The van der Waals surface area contributed by atoms with Crippen LogP contribution >= 0.6 is 11.3 Å². The molecule has 0 aliphatic rings. The van der Waals surface area contributed by atoms with Crippen LogP contribution in [0.3, 0.4) is 0 Å². The Kier molecular flexibility index (Phi) is 3.42. The van der Waals surface area contributed by atoms with Gasteiger partial charge >= 0.3 is 0 Å². The highest BCUT2D eigenvalue weighted by atomic mass is 32.1. The minimum atomic E-state index is -0.925. The highest BCUT2D eigenvalue weighted by Gasteiger charge is 2.16. The number of halogens is 1. The molecule has 2 aromatic heterocycles. The van der Waals surface area contributed by atoms with E-state index in [1.54, 1.807) is 6.07 Å². The lowest BCUT2D eigenvalue weighted by atomic mass is 10.0. The molecule has 0 saturated carbocycles. The van der Waals surface area contributed by atoms with Crippen LogP contribution in [0.4, 0.5) is 4.39 Å². The number of aromatic nitrogens is 2. The fourth-order valence-corrected chi connectivity index (χ4v) is 2.81. The number of aliphatic hydroxyl groups excluding tert-OH is 1. The van der Waals surface area contributed by atoms with Crippen LogP contribution in [-0.2, 0) is 6.42 Å². The summed E-state index contributed by atoms with van der Waals surface area (Å²) in [6.45, 7) is 0. The molecule has 1 atom stereocenters. The van der Waals surface area contributed by atoms with Gasteiger partial charge in [0, 0.05) is 35.8 Å². The van der Waals surface area contributed by atoms with Gasteiger partial charge in [0.1, 0.15) is 11.6 Å². The Morgan fingerprint density at radius 1 is 1.50 bits per heavy atom. The minimum absolute atomic E-state index is 0.252. The van der Waals surface area contributed by atoms with Crippen molar-refractivity contribution in [2.24, 2.45) is 0 Å². The van der Waals surface area contributed by atoms with Crippen LogP contribution in [0, 0.1) is 5.82 Å². The van der Waals surface area contributed by atoms with Crippen molar-refractivity contribution in [1.29, 1.82) is 0 Å². The molecule has 0 radical (unpaired) electrons. The number of fused-ring (bicyclic) bond motifs is 1. The van der Waals surface area contributed by atoms with Gasteiger partial charge in [-0.3, -0.25) is 4.40 Å². The van der Waals surface area contributed by atoms with Crippen molar-refractivity contribution in [1.82, 2.24) is 9.38 Å². The standard InChI is InChI=1S/C14H13FN2O2S/c1-19-10-2-3-11(12(15)7-10)13(18)6-9-8-17-4-5-20-14(17)16-9/h2-5,7-8,13,18H,6H2,1H3. The smallest absolute Gasteiger partial charge is 0.193 e. The first-order chi connectivity index (χ1) is 9.67. The predicted octanol–water partition coefficient (Wildman–Crippen LogP) is 2.82. The maximum absolute atomic E-state index is 13.9. The quantitative estimate of drug-likeness (QED) is 0.804. The number of benzene rings is 1. The zero-order valence-electron chi connectivity index (χ0n) is 10.8. The maximum atomic E-state index is 13.9. The third-order valence-corrected chi connectivity index (χ3v) is 3.88. The molecule has 0 aliphatic heterocycles. The van der Waals surface area contributed by atoms with Crippen LogP contribution in [-0.4, -0.2) is 21.6 Å². The van der Waals surface area contributed by atoms with Crippen molar-refractivity contribution in [3.8, 4) is 5.75 Å². The summed E-state index contributed by atoms with van der Waals surface area (Å²) in [5.41, 5.74) is 0.988. The van der Waals surface area contributed by atoms with Crippen LogP contribution in [0.15, 0.2) is 36.0 Å². The summed E-state index contributed by atoms with van der Waals surface area (Å²) >= 11 is 1.52. The average molecular weight is 292 g/mol. The second kappa shape index (κ2) is 5.22. The number of hydrogen-bond acceptors (Lipinski definition) is 4. The first kappa shape index (κ1) is 13.1. The summed E-state index contributed by atoms with van der Waals surface area (Å²) in [5, 5.41) is 12.1. The fourth-order valence-electron chi connectivity index (χ4n) is 2.09. The number of nitrogens with zero attached hydrogens (tertiary/aromatic N) is 2. The SMILES string of the molecule is COc1ccc(C(O)Cc2cn3ccsc3n2)c(F)c1. The number of methoxy groups -OCH3 is 1. The van der Waals surface area contributed by atoms with Gasteiger partial charge in [0.25, 0.3) is 0 Å². The number of thiazole rings is 1. The van der Waals surface area contributed by atoms with Crippen molar-refractivity contribution >= 4 is 16.3 Å². The Morgan fingerprint density at radius 3 is 3.05 bits per heavy atom. The van der Waals surface area contributed by atoms with Gasteiger partial charge in [0.15, 0.2) is 4.96 Å². The van der Waals surface area contributed by atoms with Gasteiger partial charge < -0.3 is 9.84 Å². The van der Waals surface area contributed by atoms with Gasteiger partial charge in [-0.1, -0.05) is 0 Å². The number of imidazole rings is 1. The van der Waals surface area contributed by atoms with Crippen LogP contribution < -0.4 is 4.74 Å². The number of rotatable bonds is 4. The van der Waals surface area contributed by atoms with E-state index >= 15 is 0 Å². The van der Waals surface area contributed by atoms with Crippen molar-refractivity contribution in [3.63, 3.8) is 0 Å². The Balaban J connectivity index is 1.81. The number of aliphatic hydroxyl groups is 1. The molecule has 1 aromatic carbocycles. The molecule has 0 bridgehead atoms. The number of hydrogen-bond donors (Lipinski definition) is 1. The van der Waals surface area contributed by atoms with Crippen molar-refractivity contribution < 1.29 is 14.2 Å². The molecule has 0 aliphatic carbocycles. The molecular formula is C14H13FN2O2S. The van der Waals surface area contributed by atoms with E-state index in [-0.39, 0.29) is 12.0 Å². The van der Waals surface area contributed by atoms with Gasteiger partial charge in [-0.15, -0.1) is 11.3 Å². The maximum Gasteiger partial charge on any atom is 0.193 e. The zero-order chi connectivity index (χ0) is 14.1. The highest BCUT2D eigenvalue weighted by molar-refractivity contribution is 7.15. The van der Waals surface area contributed by atoms with Crippen molar-refractivity contribution in [2.75, 3.05) is 7.11 Å². The Labute approximate surface area is 119 Å². The van der Waals surface area contributed by atoms with Gasteiger partial charge in [0.2, 0.25) is 0 Å². The van der Waals surface area contributed by atoms with Gasteiger partial charge in [-0.25, -0.2) is 9.37 Å². The molecule has 2 heterocycles. The van der Waals surface area contributed by atoms with E-state index in [2.05, 4.69) is 4.98 Å². The first-order valence-electron chi connectivity index (χ1n) is 6.10.